The van der Waals surface area contributed by atoms with Gasteiger partial charge in [-0.3, -0.25) is 9.59 Å². The van der Waals surface area contributed by atoms with E-state index in [1.165, 1.54) is 11.1 Å². The predicted molar refractivity (Wildman–Crippen MR) is 110 cm³/mol. The van der Waals surface area contributed by atoms with E-state index in [1.807, 2.05) is 17.1 Å². The van der Waals surface area contributed by atoms with E-state index in [2.05, 4.69) is 42.0 Å². The molecule has 7 heteroatoms. The Kier molecular flexibility index (Phi) is 4.32. The molecule has 0 saturated carbocycles. The molecule has 1 aromatic carbocycles. The van der Waals surface area contributed by atoms with E-state index < -0.39 is 17.4 Å². The van der Waals surface area contributed by atoms with Crippen LogP contribution in [0.2, 0.25) is 0 Å². The molecule has 156 valence electrons. The maximum absolute atomic E-state index is 13.4. The number of nitrogens with zero attached hydrogens (tertiary/aromatic N) is 3. The minimum atomic E-state index is -0.687. The van der Waals surface area contributed by atoms with E-state index in [-0.39, 0.29) is 17.9 Å². The number of aryl methyl sites for hydroxylation is 2. The summed E-state index contributed by atoms with van der Waals surface area (Å²) in [6.45, 7) is 5.55. The lowest BCUT2D eigenvalue weighted by molar-refractivity contribution is -0.143. The van der Waals surface area contributed by atoms with Crippen LogP contribution in [0.1, 0.15) is 22.5 Å². The van der Waals surface area contributed by atoms with Gasteiger partial charge in [0.1, 0.15) is 11.4 Å². The molecule has 2 fully saturated rings. The Morgan fingerprint density at radius 2 is 2.20 bits per heavy atom. The molecule has 1 spiro atoms. The third-order valence-corrected chi connectivity index (χ3v) is 6.73. The number of fused-ring (bicyclic) bond motifs is 1. The molecule has 30 heavy (non-hydrogen) atoms. The second-order valence-corrected chi connectivity index (χ2v) is 8.74. The topological polar surface area (TPSA) is 78.5 Å². The van der Waals surface area contributed by atoms with Crippen LogP contribution in [0.25, 0.3) is 0 Å². The minimum absolute atomic E-state index is 0.00447. The molecule has 4 atom stereocenters. The first kappa shape index (κ1) is 19.1. The Hall–Kier alpha value is -2.93. The fourth-order valence-corrected chi connectivity index (χ4v) is 5.06. The van der Waals surface area contributed by atoms with Crippen molar-refractivity contribution in [2.24, 2.45) is 11.8 Å². The van der Waals surface area contributed by atoms with Gasteiger partial charge < -0.3 is 19.5 Å². The first-order valence-electron chi connectivity index (χ1n) is 10.3. The van der Waals surface area contributed by atoms with Gasteiger partial charge in [-0.25, -0.2) is 4.98 Å². The summed E-state index contributed by atoms with van der Waals surface area (Å²) in [5, 5.41) is 0. The number of aromatic amines is 1. The zero-order chi connectivity index (χ0) is 21.0. The van der Waals surface area contributed by atoms with E-state index >= 15 is 0 Å². The van der Waals surface area contributed by atoms with E-state index in [4.69, 9.17) is 4.74 Å². The third kappa shape index (κ3) is 2.88. The lowest BCUT2D eigenvalue weighted by Crippen LogP contribution is -2.44. The molecule has 1 N–H and O–H groups in total. The zero-order valence-corrected chi connectivity index (χ0v) is 17.5. The Bertz CT molecular complexity index is 1030. The molecule has 4 heterocycles. The SMILES string of the molecule is Cc1ccc(CN2C[C@]34C=C[C@H](O3)[C@@H](C(=O)N(C)Cc3ncc[nH]3)[C@@H]4C2=O)cc1C. The van der Waals surface area contributed by atoms with E-state index in [0.717, 1.165) is 5.56 Å². The van der Waals surface area contributed by atoms with Crippen molar-refractivity contribution < 1.29 is 14.3 Å². The Morgan fingerprint density at radius 1 is 1.37 bits per heavy atom. The number of amides is 2. The van der Waals surface area contributed by atoms with Gasteiger partial charge in [0, 0.05) is 26.0 Å². The first-order valence-corrected chi connectivity index (χ1v) is 10.3. The molecule has 5 rings (SSSR count). The number of imidazole rings is 1. The maximum atomic E-state index is 13.4. The molecular formula is C23H26N4O3. The molecule has 1 aromatic heterocycles. The number of rotatable bonds is 5. The lowest BCUT2D eigenvalue weighted by Gasteiger charge is -2.27. The van der Waals surface area contributed by atoms with Crippen molar-refractivity contribution in [3.63, 3.8) is 0 Å². The highest BCUT2D eigenvalue weighted by Gasteiger charge is 2.67. The summed E-state index contributed by atoms with van der Waals surface area (Å²) in [5.74, 6) is -0.314. The van der Waals surface area contributed by atoms with Gasteiger partial charge in [0.2, 0.25) is 11.8 Å². The number of hydrogen-bond donors (Lipinski definition) is 1. The smallest absolute Gasteiger partial charge is 0.230 e. The standard InChI is InChI=1S/C23H26N4O3/c1-14-4-5-16(10-15(14)2)11-27-13-23-7-6-17(30-23)19(20(23)22(27)29)21(28)26(3)12-18-24-8-9-25-18/h4-10,17,19-20H,11-13H2,1-3H3,(H,24,25)/t17-,19+,20+,23-/m0/s1. The van der Waals surface area contributed by atoms with Gasteiger partial charge in [0.15, 0.2) is 0 Å². The van der Waals surface area contributed by atoms with Crippen molar-refractivity contribution in [1.29, 1.82) is 0 Å². The molecule has 0 aliphatic carbocycles. The summed E-state index contributed by atoms with van der Waals surface area (Å²) in [6, 6.07) is 6.28. The molecule has 2 amide bonds. The van der Waals surface area contributed by atoms with E-state index in [9.17, 15) is 9.59 Å². The summed E-state index contributed by atoms with van der Waals surface area (Å²) in [6.07, 6.45) is 7.01. The fraction of sp³-hybridized carbons (Fsp3) is 0.435. The summed E-state index contributed by atoms with van der Waals surface area (Å²) < 4.78 is 6.24. The number of benzene rings is 1. The summed E-state index contributed by atoms with van der Waals surface area (Å²) in [5.41, 5.74) is 2.85. The summed E-state index contributed by atoms with van der Waals surface area (Å²) >= 11 is 0. The third-order valence-electron chi connectivity index (χ3n) is 6.73. The van der Waals surface area contributed by atoms with Crippen LogP contribution < -0.4 is 0 Å². The van der Waals surface area contributed by atoms with Gasteiger partial charge in [-0.15, -0.1) is 0 Å². The zero-order valence-electron chi connectivity index (χ0n) is 17.5. The average Bonchev–Trinajstić information content (AvgIpc) is 3.47. The van der Waals surface area contributed by atoms with Crippen LogP contribution >= 0.6 is 0 Å². The molecule has 7 nitrogen and oxygen atoms in total. The van der Waals surface area contributed by atoms with Crippen LogP contribution in [-0.2, 0) is 27.4 Å². The molecule has 0 unspecified atom stereocenters. The van der Waals surface area contributed by atoms with Crippen molar-refractivity contribution in [1.82, 2.24) is 19.8 Å². The summed E-state index contributed by atoms with van der Waals surface area (Å²) in [7, 11) is 1.75. The number of nitrogens with one attached hydrogen (secondary N) is 1. The highest BCUT2D eigenvalue weighted by atomic mass is 16.5. The molecule has 2 bridgehead atoms. The number of ether oxygens (including phenoxy) is 1. The van der Waals surface area contributed by atoms with Gasteiger partial charge in [-0.1, -0.05) is 30.4 Å². The van der Waals surface area contributed by atoms with Crippen LogP contribution in [0.15, 0.2) is 42.7 Å². The van der Waals surface area contributed by atoms with Crippen LogP contribution in [0.5, 0.6) is 0 Å². The number of hydrogen-bond acceptors (Lipinski definition) is 4. The van der Waals surface area contributed by atoms with Crippen LogP contribution in [0, 0.1) is 25.7 Å². The first-order chi connectivity index (χ1) is 14.4. The number of carbonyl (C=O) groups is 2. The second-order valence-electron chi connectivity index (χ2n) is 8.74. The largest absolute Gasteiger partial charge is 0.360 e. The number of likely N-dealkylation sites (tertiary alicyclic amines) is 1. The fourth-order valence-electron chi connectivity index (χ4n) is 5.06. The molecular weight excluding hydrogens is 380 g/mol. The van der Waals surface area contributed by atoms with E-state index in [1.54, 1.807) is 24.3 Å². The van der Waals surface area contributed by atoms with Gasteiger partial charge in [-0.2, -0.15) is 0 Å². The van der Waals surface area contributed by atoms with Gasteiger partial charge in [0.05, 0.1) is 31.0 Å². The Morgan fingerprint density at radius 3 is 2.93 bits per heavy atom. The quantitative estimate of drug-likeness (QED) is 0.770. The van der Waals surface area contributed by atoms with Crippen LogP contribution in [0.3, 0.4) is 0 Å². The van der Waals surface area contributed by atoms with Crippen molar-refractivity contribution in [3.8, 4) is 0 Å². The average molecular weight is 406 g/mol. The molecule has 3 aliphatic rings. The lowest BCUT2D eigenvalue weighted by atomic mass is 9.76. The van der Waals surface area contributed by atoms with Gasteiger partial charge in [0.25, 0.3) is 0 Å². The van der Waals surface area contributed by atoms with Gasteiger partial charge >= 0.3 is 0 Å². The van der Waals surface area contributed by atoms with Crippen LogP contribution in [0.4, 0.5) is 0 Å². The van der Waals surface area contributed by atoms with Crippen molar-refractivity contribution in [2.75, 3.05) is 13.6 Å². The number of H-pyrrole nitrogens is 1. The normalized spacial score (nSPS) is 29.0. The van der Waals surface area contributed by atoms with Gasteiger partial charge in [-0.05, 0) is 30.5 Å². The summed E-state index contributed by atoms with van der Waals surface area (Å²) in [4.78, 5) is 37.4. The van der Waals surface area contributed by atoms with Crippen molar-refractivity contribution in [2.45, 2.75) is 38.6 Å². The molecule has 2 aromatic rings. The minimum Gasteiger partial charge on any atom is -0.360 e. The predicted octanol–water partition coefficient (Wildman–Crippen LogP) is 1.97. The highest BCUT2D eigenvalue weighted by molar-refractivity contribution is 5.93. The highest BCUT2D eigenvalue weighted by Crippen LogP contribution is 2.52. The van der Waals surface area contributed by atoms with Crippen molar-refractivity contribution in [3.05, 3.63) is 65.3 Å². The monoisotopic (exact) mass is 406 g/mol. The molecule has 3 aliphatic heterocycles. The number of aromatic nitrogens is 2. The molecule has 2 saturated heterocycles. The van der Waals surface area contributed by atoms with Crippen LogP contribution in [-0.4, -0.2) is 56.9 Å². The van der Waals surface area contributed by atoms with Crippen molar-refractivity contribution >= 4 is 11.8 Å². The Balaban J connectivity index is 1.36. The van der Waals surface area contributed by atoms with E-state index in [0.29, 0.717) is 25.5 Å². The number of carbonyl (C=O) groups excluding carboxylic acids is 2. The second kappa shape index (κ2) is 6.80. The Labute approximate surface area is 175 Å². The maximum Gasteiger partial charge on any atom is 0.230 e. The molecule has 0 radical (unpaired) electrons.